The number of aliphatic hydroxyl groups is 1. The minimum atomic E-state index is -0.307. The zero-order valence-corrected chi connectivity index (χ0v) is 11.4. The first-order chi connectivity index (χ1) is 9.27. The summed E-state index contributed by atoms with van der Waals surface area (Å²) in [6.07, 6.45) is 1.64. The molecule has 0 unspecified atom stereocenters. The van der Waals surface area contributed by atoms with Gasteiger partial charge in [0, 0.05) is 29.6 Å². The summed E-state index contributed by atoms with van der Waals surface area (Å²) in [7, 11) is 1.79. The monoisotopic (exact) mass is 278 g/mol. The molecule has 3 nitrogen and oxygen atoms in total. The summed E-state index contributed by atoms with van der Waals surface area (Å²) in [6, 6.07) is 8.53. The summed E-state index contributed by atoms with van der Waals surface area (Å²) in [5, 5.41) is 12.0. The number of thioether (sulfide) groups is 1. The van der Waals surface area contributed by atoms with Crippen LogP contribution in [0, 0.1) is 5.82 Å². The van der Waals surface area contributed by atoms with Gasteiger partial charge in [-0.1, -0.05) is 6.07 Å². The Labute approximate surface area is 115 Å². The second-order valence-corrected chi connectivity index (χ2v) is 4.94. The highest BCUT2D eigenvalue weighted by molar-refractivity contribution is 7.99. The third-order valence-electron chi connectivity index (χ3n) is 2.63. The second kappa shape index (κ2) is 6.54. The number of pyridine rings is 1. The maximum Gasteiger partial charge on any atom is 0.133 e. The van der Waals surface area contributed by atoms with E-state index in [-0.39, 0.29) is 12.4 Å². The number of halogens is 1. The molecule has 0 atom stereocenters. The molecule has 2 aromatic rings. The van der Waals surface area contributed by atoms with E-state index in [0.29, 0.717) is 17.0 Å². The molecule has 0 aliphatic heterocycles. The molecule has 1 aromatic heterocycles. The van der Waals surface area contributed by atoms with Crippen molar-refractivity contribution in [3.8, 4) is 11.3 Å². The number of hydrogen-bond acceptors (Lipinski definition) is 4. The fraction of sp³-hybridized carbons (Fsp3) is 0.214. The van der Waals surface area contributed by atoms with Crippen LogP contribution in [0.4, 0.5) is 10.1 Å². The molecule has 5 heteroatoms. The Morgan fingerprint density at radius 3 is 2.79 bits per heavy atom. The predicted molar refractivity (Wildman–Crippen MR) is 77.0 cm³/mol. The molecule has 100 valence electrons. The molecule has 19 heavy (non-hydrogen) atoms. The highest BCUT2D eigenvalue weighted by Gasteiger charge is 2.16. The second-order valence-electron chi connectivity index (χ2n) is 3.84. The number of nitrogens with one attached hydrogen (secondary N) is 1. The maximum atomic E-state index is 14.1. The van der Waals surface area contributed by atoms with Gasteiger partial charge in [-0.25, -0.2) is 4.39 Å². The Hall–Kier alpha value is -1.59. The predicted octanol–water partition coefficient (Wildman–Crippen LogP) is 3.01. The van der Waals surface area contributed by atoms with Crippen LogP contribution in [0.3, 0.4) is 0 Å². The van der Waals surface area contributed by atoms with E-state index in [1.807, 2.05) is 6.07 Å². The lowest BCUT2D eigenvalue weighted by Gasteiger charge is -2.14. The van der Waals surface area contributed by atoms with Crippen LogP contribution in [-0.4, -0.2) is 29.5 Å². The number of nitrogens with zero attached hydrogens (tertiary/aromatic N) is 1. The number of aliphatic hydroxyl groups excluding tert-OH is 1. The summed E-state index contributed by atoms with van der Waals surface area (Å²) in [6.45, 7) is 0.0476. The van der Waals surface area contributed by atoms with Crippen molar-refractivity contribution in [2.75, 3.05) is 24.7 Å². The molecule has 2 rings (SSSR count). The minimum absolute atomic E-state index is 0.0476. The molecule has 0 aliphatic rings. The van der Waals surface area contributed by atoms with Gasteiger partial charge in [0.25, 0.3) is 0 Å². The number of hydrogen-bond donors (Lipinski definition) is 2. The first-order valence-corrected chi connectivity index (χ1v) is 6.91. The Morgan fingerprint density at radius 2 is 2.16 bits per heavy atom. The molecular weight excluding hydrogens is 263 g/mol. The van der Waals surface area contributed by atoms with E-state index in [2.05, 4.69) is 10.3 Å². The van der Waals surface area contributed by atoms with Crippen LogP contribution in [0.1, 0.15) is 0 Å². The molecule has 1 aromatic carbocycles. The van der Waals surface area contributed by atoms with Crippen molar-refractivity contribution in [1.82, 2.24) is 4.98 Å². The topological polar surface area (TPSA) is 45.2 Å². The van der Waals surface area contributed by atoms with E-state index in [0.717, 1.165) is 10.6 Å². The van der Waals surface area contributed by atoms with Gasteiger partial charge in [0.2, 0.25) is 0 Å². The summed E-state index contributed by atoms with van der Waals surface area (Å²) < 4.78 is 14.1. The van der Waals surface area contributed by atoms with Crippen molar-refractivity contribution in [3.05, 3.63) is 42.3 Å². The van der Waals surface area contributed by atoms with Crippen LogP contribution in [0.2, 0.25) is 0 Å². The van der Waals surface area contributed by atoms with Crippen LogP contribution >= 0.6 is 11.8 Å². The number of aromatic nitrogens is 1. The lowest BCUT2D eigenvalue weighted by molar-refractivity contribution is 0.322. The average Bonchev–Trinajstić information content (AvgIpc) is 2.46. The van der Waals surface area contributed by atoms with Gasteiger partial charge in [0.05, 0.1) is 17.9 Å². The van der Waals surface area contributed by atoms with Crippen LogP contribution in [-0.2, 0) is 0 Å². The van der Waals surface area contributed by atoms with E-state index in [9.17, 15) is 4.39 Å². The van der Waals surface area contributed by atoms with Crippen molar-refractivity contribution in [3.63, 3.8) is 0 Å². The van der Waals surface area contributed by atoms with Crippen LogP contribution in [0.5, 0.6) is 0 Å². The zero-order chi connectivity index (χ0) is 13.7. The van der Waals surface area contributed by atoms with Gasteiger partial charge in [-0.2, -0.15) is 0 Å². The first kappa shape index (κ1) is 13.8. The summed E-state index contributed by atoms with van der Waals surface area (Å²) in [5.74, 6) is 0.205. The fourth-order valence-electron chi connectivity index (χ4n) is 1.80. The smallest absolute Gasteiger partial charge is 0.133 e. The maximum absolute atomic E-state index is 14.1. The Balaban J connectivity index is 2.56. The van der Waals surface area contributed by atoms with Gasteiger partial charge in [-0.05, 0) is 24.3 Å². The van der Waals surface area contributed by atoms with Crippen molar-refractivity contribution < 1.29 is 9.50 Å². The molecule has 2 N–H and O–H groups in total. The van der Waals surface area contributed by atoms with E-state index < -0.39 is 0 Å². The molecule has 0 fully saturated rings. The molecule has 0 aliphatic carbocycles. The largest absolute Gasteiger partial charge is 0.396 e. The molecule has 0 saturated heterocycles. The number of rotatable bonds is 5. The van der Waals surface area contributed by atoms with E-state index in [1.165, 1.54) is 17.8 Å². The van der Waals surface area contributed by atoms with E-state index >= 15 is 0 Å². The SMILES string of the molecule is CNc1ccc(F)c(-c2ccccn2)c1SCCO. The summed E-state index contributed by atoms with van der Waals surface area (Å²) in [4.78, 5) is 4.98. The van der Waals surface area contributed by atoms with Gasteiger partial charge in [-0.3, -0.25) is 4.98 Å². The minimum Gasteiger partial charge on any atom is -0.396 e. The normalized spacial score (nSPS) is 10.5. The summed E-state index contributed by atoms with van der Waals surface area (Å²) >= 11 is 1.41. The average molecular weight is 278 g/mol. The molecule has 0 saturated carbocycles. The number of anilines is 1. The van der Waals surface area contributed by atoms with Crippen molar-refractivity contribution in [2.24, 2.45) is 0 Å². The van der Waals surface area contributed by atoms with Gasteiger partial charge in [-0.15, -0.1) is 11.8 Å². The molecule has 0 spiro atoms. The first-order valence-electron chi connectivity index (χ1n) is 5.93. The third-order valence-corrected chi connectivity index (χ3v) is 3.73. The molecular formula is C14H15FN2OS. The molecule has 1 heterocycles. The zero-order valence-electron chi connectivity index (χ0n) is 10.6. The van der Waals surface area contributed by atoms with Gasteiger partial charge < -0.3 is 10.4 Å². The standard InChI is InChI=1S/C14H15FN2OS/c1-16-12-6-5-10(15)13(14(12)19-9-8-18)11-4-2-3-7-17-11/h2-7,16,18H,8-9H2,1H3. The summed E-state index contributed by atoms with van der Waals surface area (Å²) in [5.41, 5.74) is 1.91. The van der Waals surface area contributed by atoms with Gasteiger partial charge >= 0.3 is 0 Å². The Kier molecular flexibility index (Phi) is 4.76. The van der Waals surface area contributed by atoms with Crippen molar-refractivity contribution in [2.45, 2.75) is 4.90 Å². The van der Waals surface area contributed by atoms with Crippen molar-refractivity contribution >= 4 is 17.4 Å². The highest BCUT2D eigenvalue weighted by Crippen LogP contribution is 2.38. The third kappa shape index (κ3) is 3.05. The lowest BCUT2D eigenvalue weighted by atomic mass is 10.1. The lowest BCUT2D eigenvalue weighted by Crippen LogP contribution is -1.99. The molecule has 0 radical (unpaired) electrons. The van der Waals surface area contributed by atoms with Crippen LogP contribution in [0.15, 0.2) is 41.4 Å². The molecule has 0 bridgehead atoms. The highest BCUT2D eigenvalue weighted by atomic mass is 32.2. The van der Waals surface area contributed by atoms with Crippen LogP contribution < -0.4 is 5.32 Å². The molecule has 0 amide bonds. The van der Waals surface area contributed by atoms with Gasteiger partial charge in [0.15, 0.2) is 0 Å². The quantitative estimate of drug-likeness (QED) is 0.825. The van der Waals surface area contributed by atoms with E-state index in [1.54, 1.807) is 31.4 Å². The van der Waals surface area contributed by atoms with Crippen LogP contribution in [0.25, 0.3) is 11.3 Å². The number of benzene rings is 1. The Bertz CT molecular complexity index is 549. The fourth-order valence-corrected chi connectivity index (χ4v) is 2.77. The van der Waals surface area contributed by atoms with Gasteiger partial charge in [0.1, 0.15) is 5.82 Å². The van der Waals surface area contributed by atoms with E-state index in [4.69, 9.17) is 5.11 Å². The van der Waals surface area contributed by atoms with Crippen molar-refractivity contribution in [1.29, 1.82) is 0 Å². The Morgan fingerprint density at radius 1 is 1.32 bits per heavy atom.